The van der Waals surface area contributed by atoms with Gasteiger partial charge in [-0.05, 0) is 43.3 Å². The van der Waals surface area contributed by atoms with Crippen molar-refractivity contribution in [3.63, 3.8) is 0 Å². The average Bonchev–Trinajstić information content (AvgIpc) is 3.24. The Morgan fingerprint density at radius 3 is 2.73 bits per heavy atom. The van der Waals surface area contributed by atoms with Gasteiger partial charge in [0, 0.05) is 12.1 Å². The Morgan fingerprint density at radius 1 is 1.08 bits per heavy atom. The number of ketones is 1. The molecule has 4 rings (SSSR count). The fraction of sp³-hybridized carbons (Fsp3) is 0.0476. The van der Waals surface area contributed by atoms with E-state index in [0.29, 0.717) is 28.4 Å². The third-order valence-corrected chi connectivity index (χ3v) is 3.92. The lowest BCUT2D eigenvalue weighted by atomic mass is 10.1. The molecule has 0 saturated heterocycles. The number of aryl methyl sites for hydroxylation is 1. The number of hydrogen-bond acceptors (Lipinski definition) is 5. The van der Waals surface area contributed by atoms with E-state index in [1.165, 1.54) is 18.4 Å². The standard InChI is InChI=1S/C21H14O5/c1-13-4-2-5-14(10-13)21(23)25-16-7-8-17-18(12-16)26-19(20(17)22)11-15-6-3-9-24-15/h2-12H,1H3/b19-11-. The predicted octanol–water partition coefficient (Wildman–Crippen LogP) is 4.42. The van der Waals surface area contributed by atoms with Gasteiger partial charge < -0.3 is 13.9 Å². The summed E-state index contributed by atoms with van der Waals surface area (Å²) in [6, 6.07) is 15.3. The average molecular weight is 346 g/mol. The number of rotatable bonds is 3. The maximum Gasteiger partial charge on any atom is 0.343 e. The molecule has 0 amide bonds. The Bertz CT molecular complexity index is 1030. The van der Waals surface area contributed by atoms with Crippen molar-refractivity contribution in [3.8, 4) is 11.5 Å². The van der Waals surface area contributed by atoms with Crippen LogP contribution in [0.25, 0.3) is 6.08 Å². The highest BCUT2D eigenvalue weighted by Crippen LogP contribution is 2.35. The number of esters is 1. The van der Waals surface area contributed by atoms with Crippen LogP contribution < -0.4 is 9.47 Å². The zero-order valence-corrected chi connectivity index (χ0v) is 13.9. The highest BCUT2D eigenvalue weighted by molar-refractivity contribution is 6.14. The van der Waals surface area contributed by atoms with Gasteiger partial charge in [-0.3, -0.25) is 4.79 Å². The van der Waals surface area contributed by atoms with Crippen LogP contribution in [0.15, 0.2) is 71.0 Å². The van der Waals surface area contributed by atoms with Crippen LogP contribution in [0.3, 0.4) is 0 Å². The molecule has 0 radical (unpaired) electrons. The first-order valence-electron chi connectivity index (χ1n) is 8.01. The van der Waals surface area contributed by atoms with E-state index < -0.39 is 5.97 Å². The maximum absolute atomic E-state index is 12.4. The molecule has 0 bridgehead atoms. The molecular weight excluding hydrogens is 332 g/mol. The second kappa shape index (κ2) is 6.37. The number of benzene rings is 2. The first-order valence-corrected chi connectivity index (χ1v) is 8.01. The lowest BCUT2D eigenvalue weighted by molar-refractivity contribution is 0.0734. The van der Waals surface area contributed by atoms with Crippen LogP contribution in [0.5, 0.6) is 11.5 Å². The summed E-state index contributed by atoms with van der Waals surface area (Å²) < 4.78 is 16.2. The van der Waals surface area contributed by atoms with E-state index in [9.17, 15) is 9.59 Å². The molecule has 1 aromatic heterocycles. The van der Waals surface area contributed by atoms with Gasteiger partial charge in [-0.2, -0.15) is 0 Å². The molecule has 3 aromatic rings. The molecule has 0 aliphatic carbocycles. The molecule has 0 saturated carbocycles. The van der Waals surface area contributed by atoms with Crippen molar-refractivity contribution in [2.75, 3.05) is 0 Å². The molecule has 1 aliphatic rings. The molecule has 0 spiro atoms. The topological polar surface area (TPSA) is 65.7 Å². The van der Waals surface area contributed by atoms with Crippen LogP contribution >= 0.6 is 0 Å². The lowest BCUT2D eigenvalue weighted by Crippen LogP contribution is -2.08. The first-order chi connectivity index (χ1) is 12.6. The van der Waals surface area contributed by atoms with Gasteiger partial charge in [0.25, 0.3) is 0 Å². The van der Waals surface area contributed by atoms with Gasteiger partial charge in [-0.1, -0.05) is 17.7 Å². The SMILES string of the molecule is Cc1cccc(C(=O)Oc2ccc3c(c2)O/C(=C\c2ccco2)C3=O)c1. The Kier molecular flexibility index (Phi) is 3.89. The molecule has 2 aromatic carbocycles. The number of ether oxygens (including phenoxy) is 2. The molecule has 5 nitrogen and oxygen atoms in total. The summed E-state index contributed by atoms with van der Waals surface area (Å²) in [6.45, 7) is 1.90. The van der Waals surface area contributed by atoms with E-state index in [4.69, 9.17) is 13.9 Å². The highest BCUT2D eigenvalue weighted by Gasteiger charge is 2.28. The van der Waals surface area contributed by atoms with E-state index >= 15 is 0 Å². The minimum atomic E-state index is -0.468. The zero-order valence-electron chi connectivity index (χ0n) is 13.9. The Balaban J connectivity index is 1.56. The summed E-state index contributed by atoms with van der Waals surface area (Å²) in [7, 11) is 0. The van der Waals surface area contributed by atoms with E-state index in [1.54, 1.807) is 42.5 Å². The first kappa shape index (κ1) is 15.9. The van der Waals surface area contributed by atoms with Crippen molar-refractivity contribution in [1.82, 2.24) is 0 Å². The van der Waals surface area contributed by atoms with Crippen molar-refractivity contribution in [2.24, 2.45) is 0 Å². The minimum Gasteiger partial charge on any atom is -0.465 e. The normalized spacial score (nSPS) is 14.2. The van der Waals surface area contributed by atoms with Crippen LogP contribution in [-0.2, 0) is 0 Å². The van der Waals surface area contributed by atoms with Crippen LogP contribution in [-0.4, -0.2) is 11.8 Å². The molecule has 0 N–H and O–H groups in total. The molecule has 0 fully saturated rings. The molecular formula is C21H14O5. The monoisotopic (exact) mass is 346 g/mol. The van der Waals surface area contributed by atoms with Crippen molar-refractivity contribution in [2.45, 2.75) is 6.92 Å². The minimum absolute atomic E-state index is 0.164. The summed E-state index contributed by atoms with van der Waals surface area (Å²) in [6.07, 6.45) is 3.04. The van der Waals surface area contributed by atoms with Crippen molar-refractivity contribution in [1.29, 1.82) is 0 Å². The third-order valence-electron chi connectivity index (χ3n) is 3.92. The van der Waals surface area contributed by atoms with Crippen molar-refractivity contribution < 1.29 is 23.5 Å². The molecule has 0 unspecified atom stereocenters. The predicted molar refractivity (Wildman–Crippen MR) is 94.2 cm³/mol. The van der Waals surface area contributed by atoms with Crippen LogP contribution in [0.1, 0.15) is 32.0 Å². The summed E-state index contributed by atoms with van der Waals surface area (Å²) in [4.78, 5) is 24.6. The van der Waals surface area contributed by atoms with Gasteiger partial charge in [0.05, 0.1) is 17.4 Å². The third kappa shape index (κ3) is 3.02. The van der Waals surface area contributed by atoms with Crippen LogP contribution in [0.2, 0.25) is 0 Å². The zero-order chi connectivity index (χ0) is 18.1. The van der Waals surface area contributed by atoms with Crippen LogP contribution in [0, 0.1) is 6.92 Å². The van der Waals surface area contributed by atoms with E-state index in [0.717, 1.165) is 5.56 Å². The second-order valence-electron chi connectivity index (χ2n) is 5.87. The summed E-state index contributed by atoms with van der Waals surface area (Å²) in [5.74, 6) is 0.631. The van der Waals surface area contributed by atoms with Crippen molar-refractivity contribution >= 4 is 17.8 Å². The molecule has 26 heavy (non-hydrogen) atoms. The Morgan fingerprint density at radius 2 is 1.96 bits per heavy atom. The van der Waals surface area contributed by atoms with Gasteiger partial charge in [0.2, 0.25) is 5.78 Å². The lowest BCUT2D eigenvalue weighted by Gasteiger charge is -2.06. The second-order valence-corrected chi connectivity index (χ2v) is 5.87. The Hall–Kier alpha value is -3.60. The molecule has 5 heteroatoms. The number of carbonyl (C=O) groups excluding carboxylic acids is 2. The van der Waals surface area contributed by atoms with E-state index in [-0.39, 0.29) is 11.5 Å². The largest absolute Gasteiger partial charge is 0.465 e. The van der Waals surface area contributed by atoms with Gasteiger partial charge >= 0.3 is 5.97 Å². The number of carbonyl (C=O) groups is 2. The molecule has 2 heterocycles. The van der Waals surface area contributed by atoms with E-state index in [2.05, 4.69) is 0 Å². The number of hydrogen-bond donors (Lipinski definition) is 0. The van der Waals surface area contributed by atoms with Gasteiger partial charge in [-0.25, -0.2) is 4.79 Å². The quantitative estimate of drug-likeness (QED) is 0.399. The fourth-order valence-electron chi connectivity index (χ4n) is 2.67. The number of allylic oxidation sites excluding steroid dienone is 1. The van der Waals surface area contributed by atoms with Gasteiger partial charge in [-0.15, -0.1) is 0 Å². The molecule has 1 aliphatic heterocycles. The van der Waals surface area contributed by atoms with E-state index in [1.807, 2.05) is 13.0 Å². The summed E-state index contributed by atoms with van der Waals surface area (Å²) in [5.41, 5.74) is 1.84. The maximum atomic E-state index is 12.4. The van der Waals surface area contributed by atoms with Gasteiger partial charge in [0.1, 0.15) is 17.3 Å². The number of fused-ring (bicyclic) bond motifs is 1. The smallest absolute Gasteiger partial charge is 0.343 e. The van der Waals surface area contributed by atoms with Gasteiger partial charge in [0.15, 0.2) is 5.76 Å². The summed E-state index contributed by atoms with van der Waals surface area (Å²) >= 11 is 0. The molecule has 128 valence electrons. The molecule has 0 atom stereocenters. The number of Topliss-reactive ketones (excluding diaryl/α,β-unsaturated/α-hetero) is 1. The van der Waals surface area contributed by atoms with Crippen molar-refractivity contribution in [3.05, 3.63) is 89.1 Å². The van der Waals surface area contributed by atoms with Crippen LogP contribution in [0.4, 0.5) is 0 Å². The Labute approximate surface area is 149 Å². The summed E-state index contributed by atoms with van der Waals surface area (Å²) in [5, 5.41) is 0. The fourth-order valence-corrected chi connectivity index (χ4v) is 2.67. The number of furan rings is 1. The highest BCUT2D eigenvalue weighted by atomic mass is 16.5.